The number of barbiturate groups is 1. The van der Waals surface area contributed by atoms with Crippen LogP contribution in [0.25, 0.3) is 6.08 Å². The summed E-state index contributed by atoms with van der Waals surface area (Å²) in [6.45, 7) is 0. The largest absolute Gasteiger partial charge is 0.497 e. The number of urea groups is 1. The Kier molecular flexibility index (Phi) is 5.40. The van der Waals surface area contributed by atoms with Gasteiger partial charge in [-0.25, -0.2) is 9.69 Å². The van der Waals surface area contributed by atoms with E-state index in [4.69, 9.17) is 9.15 Å². The number of carbonyl (C=O) groups excluding carboxylic acids is 3. The van der Waals surface area contributed by atoms with Gasteiger partial charge in [0.25, 0.3) is 11.8 Å². The number of anilines is 1. The SMILES string of the molecule is COc1ccc(N2C(=O)NC(=O)/C(=C\c3ccc(Sc4ccccc4)o3)C2=O)cc1. The number of ether oxygens (including phenoxy) is 1. The Bertz CT molecular complexity index is 1140. The summed E-state index contributed by atoms with van der Waals surface area (Å²) in [5.41, 5.74) is 0.118. The fourth-order valence-electron chi connectivity index (χ4n) is 2.84. The Morgan fingerprint density at radius 3 is 2.40 bits per heavy atom. The van der Waals surface area contributed by atoms with Crippen molar-refractivity contribution in [1.82, 2.24) is 5.32 Å². The lowest BCUT2D eigenvalue weighted by atomic mass is 10.1. The number of hydrogen-bond donors (Lipinski definition) is 1. The number of carbonyl (C=O) groups is 3. The number of nitrogens with zero attached hydrogens (tertiary/aromatic N) is 1. The van der Waals surface area contributed by atoms with Gasteiger partial charge in [0.15, 0.2) is 5.09 Å². The molecule has 0 spiro atoms. The molecule has 2 heterocycles. The highest BCUT2D eigenvalue weighted by atomic mass is 32.2. The molecule has 0 atom stereocenters. The summed E-state index contributed by atoms with van der Waals surface area (Å²) in [5.74, 6) is -0.601. The molecular weight excluding hydrogens is 404 g/mol. The Labute approximate surface area is 176 Å². The summed E-state index contributed by atoms with van der Waals surface area (Å²) in [6.07, 6.45) is 1.33. The second kappa shape index (κ2) is 8.30. The molecule has 1 aromatic heterocycles. The molecule has 1 saturated heterocycles. The first-order valence-electron chi connectivity index (χ1n) is 8.93. The summed E-state index contributed by atoms with van der Waals surface area (Å²) >= 11 is 1.42. The van der Waals surface area contributed by atoms with Gasteiger partial charge < -0.3 is 9.15 Å². The summed E-state index contributed by atoms with van der Waals surface area (Å²) in [4.78, 5) is 39.3. The van der Waals surface area contributed by atoms with Gasteiger partial charge in [-0.05, 0) is 54.6 Å². The number of rotatable bonds is 5. The first-order chi connectivity index (χ1) is 14.5. The highest BCUT2D eigenvalue weighted by molar-refractivity contribution is 7.99. The predicted molar refractivity (Wildman–Crippen MR) is 111 cm³/mol. The van der Waals surface area contributed by atoms with E-state index in [0.717, 1.165) is 9.80 Å². The van der Waals surface area contributed by atoms with Crippen LogP contribution in [0.5, 0.6) is 5.75 Å². The Balaban J connectivity index is 1.59. The van der Waals surface area contributed by atoms with E-state index in [9.17, 15) is 14.4 Å². The molecule has 0 unspecified atom stereocenters. The number of methoxy groups -OCH3 is 1. The van der Waals surface area contributed by atoms with Gasteiger partial charge >= 0.3 is 6.03 Å². The fraction of sp³-hybridized carbons (Fsp3) is 0.0455. The quantitative estimate of drug-likeness (QED) is 0.494. The van der Waals surface area contributed by atoms with Gasteiger partial charge in [-0.2, -0.15) is 0 Å². The van der Waals surface area contributed by atoms with Gasteiger partial charge in [0, 0.05) is 4.90 Å². The van der Waals surface area contributed by atoms with Crippen LogP contribution in [0.3, 0.4) is 0 Å². The zero-order chi connectivity index (χ0) is 21.1. The zero-order valence-electron chi connectivity index (χ0n) is 15.8. The van der Waals surface area contributed by atoms with Gasteiger partial charge in [0.1, 0.15) is 17.1 Å². The second-order valence-electron chi connectivity index (χ2n) is 6.23. The number of nitrogens with one attached hydrogen (secondary N) is 1. The summed E-state index contributed by atoms with van der Waals surface area (Å²) < 4.78 is 10.8. The highest BCUT2D eigenvalue weighted by Crippen LogP contribution is 2.30. The van der Waals surface area contributed by atoms with E-state index in [2.05, 4.69) is 5.32 Å². The standard InChI is InChI=1S/C22H16N2O5S/c1-28-15-9-7-14(8-10-15)24-21(26)18(20(25)23-22(24)27)13-16-11-12-19(29-16)30-17-5-3-2-4-6-17/h2-13H,1H3,(H,23,25,27)/b18-13+. The van der Waals surface area contributed by atoms with Crippen molar-refractivity contribution in [2.45, 2.75) is 9.99 Å². The molecule has 4 rings (SSSR count). The lowest BCUT2D eigenvalue weighted by Crippen LogP contribution is -2.54. The monoisotopic (exact) mass is 420 g/mol. The van der Waals surface area contributed by atoms with E-state index in [1.165, 1.54) is 24.9 Å². The molecule has 4 amide bonds. The number of hydrogen-bond acceptors (Lipinski definition) is 6. The molecule has 2 aromatic carbocycles. The predicted octanol–water partition coefficient (Wildman–Crippen LogP) is 4.11. The minimum absolute atomic E-state index is 0.198. The van der Waals surface area contributed by atoms with E-state index < -0.39 is 17.8 Å². The molecule has 1 N–H and O–H groups in total. The smallest absolute Gasteiger partial charge is 0.335 e. The van der Waals surface area contributed by atoms with Crippen molar-refractivity contribution in [3.63, 3.8) is 0 Å². The highest BCUT2D eigenvalue weighted by Gasteiger charge is 2.37. The van der Waals surface area contributed by atoms with Crippen LogP contribution in [0, 0.1) is 0 Å². The molecule has 8 heteroatoms. The summed E-state index contributed by atoms with van der Waals surface area (Å²) in [6, 6.07) is 18.6. The van der Waals surface area contributed by atoms with Crippen molar-refractivity contribution in [3.05, 3.63) is 78.1 Å². The van der Waals surface area contributed by atoms with Gasteiger partial charge in [0.05, 0.1) is 12.8 Å². The van der Waals surface area contributed by atoms with Crippen LogP contribution < -0.4 is 15.0 Å². The van der Waals surface area contributed by atoms with Crippen LogP contribution in [-0.2, 0) is 9.59 Å². The third-order valence-corrected chi connectivity index (χ3v) is 5.21. The van der Waals surface area contributed by atoms with Crippen LogP contribution >= 0.6 is 11.8 Å². The van der Waals surface area contributed by atoms with E-state index in [1.54, 1.807) is 36.4 Å². The first kappa shape index (κ1) is 19.5. The lowest BCUT2D eigenvalue weighted by Gasteiger charge is -2.26. The van der Waals surface area contributed by atoms with Crippen LogP contribution in [0.2, 0.25) is 0 Å². The topological polar surface area (TPSA) is 88.8 Å². The maximum atomic E-state index is 12.9. The van der Waals surface area contributed by atoms with Crippen LogP contribution in [-0.4, -0.2) is 25.0 Å². The van der Waals surface area contributed by atoms with E-state index in [-0.39, 0.29) is 5.57 Å². The minimum atomic E-state index is -0.813. The molecule has 0 aliphatic carbocycles. The second-order valence-corrected chi connectivity index (χ2v) is 7.31. The van der Waals surface area contributed by atoms with Crippen LogP contribution in [0.1, 0.15) is 5.76 Å². The summed E-state index contributed by atoms with van der Waals surface area (Å²) in [5, 5.41) is 2.80. The molecule has 0 radical (unpaired) electrons. The third kappa shape index (κ3) is 3.99. The zero-order valence-corrected chi connectivity index (χ0v) is 16.6. The van der Waals surface area contributed by atoms with Crippen molar-refractivity contribution < 1.29 is 23.5 Å². The minimum Gasteiger partial charge on any atom is -0.497 e. The Morgan fingerprint density at radius 2 is 1.70 bits per heavy atom. The number of imide groups is 2. The van der Waals surface area contributed by atoms with Crippen LogP contribution in [0.15, 0.2) is 86.7 Å². The average molecular weight is 420 g/mol. The van der Waals surface area contributed by atoms with Gasteiger partial charge in [-0.15, -0.1) is 0 Å². The van der Waals surface area contributed by atoms with Crippen molar-refractivity contribution in [2.75, 3.05) is 12.0 Å². The van der Waals surface area contributed by atoms with Gasteiger partial charge in [0.2, 0.25) is 0 Å². The molecular formula is C22H16N2O5S. The average Bonchev–Trinajstić information content (AvgIpc) is 3.19. The van der Waals surface area contributed by atoms with Gasteiger partial charge in [-0.1, -0.05) is 30.0 Å². The lowest BCUT2D eigenvalue weighted by molar-refractivity contribution is -0.122. The van der Waals surface area contributed by atoms with Crippen molar-refractivity contribution in [3.8, 4) is 5.75 Å². The van der Waals surface area contributed by atoms with Crippen molar-refractivity contribution >= 4 is 41.4 Å². The fourth-order valence-corrected chi connectivity index (χ4v) is 3.64. The maximum Gasteiger partial charge on any atom is 0.335 e. The van der Waals surface area contributed by atoms with E-state index in [0.29, 0.717) is 22.3 Å². The Morgan fingerprint density at radius 1 is 0.967 bits per heavy atom. The molecule has 1 aliphatic rings. The molecule has 3 aromatic rings. The third-order valence-electron chi connectivity index (χ3n) is 4.28. The molecule has 0 bridgehead atoms. The number of amides is 4. The summed E-state index contributed by atoms with van der Waals surface area (Å²) in [7, 11) is 1.51. The molecule has 1 aliphatic heterocycles. The Hall–Kier alpha value is -3.78. The molecule has 7 nitrogen and oxygen atoms in total. The number of furan rings is 1. The van der Waals surface area contributed by atoms with E-state index in [1.807, 2.05) is 30.3 Å². The van der Waals surface area contributed by atoms with Crippen molar-refractivity contribution in [1.29, 1.82) is 0 Å². The molecule has 30 heavy (non-hydrogen) atoms. The molecule has 1 fully saturated rings. The molecule has 150 valence electrons. The van der Waals surface area contributed by atoms with Crippen LogP contribution in [0.4, 0.5) is 10.5 Å². The maximum absolute atomic E-state index is 12.9. The number of benzene rings is 2. The van der Waals surface area contributed by atoms with Gasteiger partial charge in [-0.3, -0.25) is 14.9 Å². The van der Waals surface area contributed by atoms with Crippen molar-refractivity contribution in [2.24, 2.45) is 0 Å². The molecule has 0 saturated carbocycles. The normalized spacial score (nSPS) is 15.4. The first-order valence-corrected chi connectivity index (χ1v) is 9.75. The van der Waals surface area contributed by atoms with E-state index >= 15 is 0 Å².